The second-order valence-electron chi connectivity index (χ2n) is 6.43. The van der Waals surface area contributed by atoms with Crippen molar-refractivity contribution < 1.29 is 5.11 Å². The molecule has 4 nitrogen and oxygen atoms in total. The molecule has 1 aliphatic carbocycles. The van der Waals surface area contributed by atoms with Gasteiger partial charge in [0.05, 0.1) is 0 Å². The SMILES string of the molecule is CC1CC(CN)(NC2CCCCC2CO)CN1C. The lowest BCUT2D eigenvalue weighted by molar-refractivity contribution is 0.129. The van der Waals surface area contributed by atoms with Crippen molar-refractivity contribution in [1.29, 1.82) is 0 Å². The minimum Gasteiger partial charge on any atom is -0.396 e. The smallest absolute Gasteiger partial charge is 0.0474 e. The predicted octanol–water partition coefficient (Wildman–Crippen LogP) is 0.549. The highest BCUT2D eigenvalue weighted by Gasteiger charge is 2.42. The van der Waals surface area contributed by atoms with E-state index in [1.54, 1.807) is 0 Å². The molecule has 0 aromatic rings. The Bertz CT molecular complexity index is 262. The number of likely N-dealkylation sites (N-methyl/N-ethyl adjacent to an activating group) is 1. The standard InChI is InChI=1S/C14H29N3O/c1-11-7-14(9-15,10-17(11)2)16-13-6-4-3-5-12(13)8-18/h11-13,16,18H,3-10,15H2,1-2H3. The van der Waals surface area contributed by atoms with Crippen LogP contribution in [0.2, 0.25) is 0 Å². The number of aliphatic hydroxyl groups is 1. The van der Waals surface area contributed by atoms with Crippen molar-refractivity contribution in [3.05, 3.63) is 0 Å². The minimum absolute atomic E-state index is 0.0591. The Kier molecular flexibility index (Phi) is 4.64. The summed E-state index contributed by atoms with van der Waals surface area (Å²) >= 11 is 0. The molecule has 1 saturated carbocycles. The summed E-state index contributed by atoms with van der Waals surface area (Å²) < 4.78 is 0. The van der Waals surface area contributed by atoms with Gasteiger partial charge in [-0.15, -0.1) is 0 Å². The average molecular weight is 255 g/mol. The van der Waals surface area contributed by atoms with Gasteiger partial charge in [-0.05, 0) is 39.2 Å². The van der Waals surface area contributed by atoms with Crippen molar-refractivity contribution in [2.24, 2.45) is 11.7 Å². The summed E-state index contributed by atoms with van der Waals surface area (Å²) in [6.07, 6.45) is 6.00. The fourth-order valence-electron chi connectivity index (χ4n) is 3.74. The Balaban J connectivity index is 2.01. The van der Waals surface area contributed by atoms with E-state index in [0.717, 1.165) is 19.4 Å². The summed E-state index contributed by atoms with van der Waals surface area (Å²) in [7, 11) is 2.17. The van der Waals surface area contributed by atoms with E-state index in [9.17, 15) is 5.11 Å². The first-order valence-corrected chi connectivity index (χ1v) is 7.39. The Morgan fingerprint density at radius 2 is 2.11 bits per heavy atom. The van der Waals surface area contributed by atoms with Crippen LogP contribution in [0, 0.1) is 5.92 Å². The number of hydrogen-bond acceptors (Lipinski definition) is 4. The maximum Gasteiger partial charge on any atom is 0.0474 e. The van der Waals surface area contributed by atoms with Crippen molar-refractivity contribution >= 4 is 0 Å². The maximum atomic E-state index is 9.51. The van der Waals surface area contributed by atoms with E-state index in [0.29, 0.717) is 31.2 Å². The van der Waals surface area contributed by atoms with E-state index < -0.39 is 0 Å². The Hall–Kier alpha value is -0.160. The molecule has 106 valence electrons. The van der Waals surface area contributed by atoms with Crippen molar-refractivity contribution in [1.82, 2.24) is 10.2 Å². The maximum absolute atomic E-state index is 9.51. The molecule has 1 saturated heterocycles. The Morgan fingerprint density at radius 1 is 1.39 bits per heavy atom. The van der Waals surface area contributed by atoms with Gasteiger partial charge < -0.3 is 21.1 Å². The van der Waals surface area contributed by atoms with Crippen LogP contribution >= 0.6 is 0 Å². The first-order chi connectivity index (χ1) is 8.60. The lowest BCUT2D eigenvalue weighted by Gasteiger charge is -2.39. The highest BCUT2D eigenvalue weighted by Crippen LogP contribution is 2.30. The summed E-state index contributed by atoms with van der Waals surface area (Å²) in [5.74, 6) is 0.420. The van der Waals surface area contributed by atoms with Crippen molar-refractivity contribution in [3.63, 3.8) is 0 Å². The van der Waals surface area contributed by atoms with Gasteiger partial charge in [-0.3, -0.25) is 0 Å². The molecule has 4 heteroatoms. The molecule has 0 amide bonds. The topological polar surface area (TPSA) is 61.5 Å². The number of nitrogens with one attached hydrogen (secondary N) is 1. The molecule has 0 bridgehead atoms. The Labute approximate surface area is 111 Å². The number of aliphatic hydroxyl groups excluding tert-OH is 1. The van der Waals surface area contributed by atoms with Gasteiger partial charge in [-0.2, -0.15) is 0 Å². The summed E-state index contributed by atoms with van der Waals surface area (Å²) in [4.78, 5) is 2.39. The van der Waals surface area contributed by atoms with Crippen LogP contribution in [0.25, 0.3) is 0 Å². The molecule has 2 aliphatic rings. The van der Waals surface area contributed by atoms with E-state index in [1.165, 1.54) is 19.3 Å². The lowest BCUT2D eigenvalue weighted by Crippen LogP contribution is -2.59. The fraction of sp³-hybridized carbons (Fsp3) is 1.00. The molecule has 0 aromatic heterocycles. The third-order valence-electron chi connectivity index (χ3n) is 5.02. The summed E-state index contributed by atoms with van der Waals surface area (Å²) in [5, 5.41) is 13.3. The summed E-state index contributed by atoms with van der Waals surface area (Å²) in [5.41, 5.74) is 6.10. The number of hydrogen-bond donors (Lipinski definition) is 3. The van der Waals surface area contributed by atoms with Crippen LogP contribution in [-0.2, 0) is 0 Å². The first-order valence-electron chi connectivity index (χ1n) is 7.39. The zero-order valence-electron chi connectivity index (χ0n) is 11.9. The molecule has 4 unspecified atom stereocenters. The molecule has 18 heavy (non-hydrogen) atoms. The van der Waals surface area contributed by atoms with E-state index >= 15 is 0 Å². The number of nitrogens with zero attached hydrogens (tertiary/aromatic N) is 1. The van der Waals surface area contributed by atoms with Crippen molar-refractivity contribution in [3.8, 4) is 0 Å². The quantitative estimate of drug-likeness (QED) is 0.686. The molecule has 0 spiro atoms. The Morgan fingerprint density at radius 3 is 2.67 bits per heavy atom. The summed E-state index contributed by atoms with van der Waals surface area (Å²) in [6, 6.07) is 1.04. The van der Waals surface area contributed by atoms with Gasteiger partial charge in [0, 0.05) is 37.3 Å². The third kappa shape index (κ3) is 2.87. The zero-order chi connectivity index (χ0) is 13.2. The molecule has 0 radical (unpaired) electrons. The fourth-order valence-corrected chi connectivity index (χ4v) is 3.74. The molecule has 4 atom stereocenters. The molecular weight excluding hydrogens is 226 g/mol. The summed E-state index contributed by atoms with van der Waals surface area (Å²) in [6.45, 7) is 4.29. The average Bonchev–Trinajstić information content (AvgIpc) is 2.66. The van der Waals surface area contributed by atoms with Gasteiger partial charge >= 0.3 is 0 Å². The van der Waals surface area contributed by atoms with Crippen LogP contribution in [-0.4, -0.2) is 54.4 Å². The zero-order valence-corrected chi connectivity index (χ0v) is 11.9. The highest BCUT2D eigenvalue weighted by atomic mass is 16.3. The van der Waals surface area contributed by atoms with E-state index in [1.807, 2.05) is 0 Å². The van der Waals surface area contributed by atoms with Gasteiger partial charge in [-0.1, -0.05) is 12.8 Å². The lowest BCUT2D eigenvalue weighted by atomic mass is 9.82. The third-order valence-corrected chi connectivity index (χ3v) is 5.02. The normalized spacial score (nSPS) is 42.3. The van der Waals surface area contributed by atoms with Crippen molar-refractivity contribution in [2.75, 3.05) is 26.7 Å². The minimum atomic E-state index is 0.0591. The first kappa shape index (κ1) is 14.3. The second kappa shape index (κ2) is 5.87. The van der Waals surface area contributed by atoms with Crippen LogP contribution in [0.3, 0.4) is 0 Å². The van der Waals surface area contributed by atoms with Gasteiger partial charge in [-0.25, -0.2) is 0 Å². The van der Waals surface area contributed by atoms with Gasteiger partial charge in [0.2, 0.25) is 0 Å². The largest absolute Gasteiger partial charge is 0.396 e. The molecule has 1 aliphatic heterocycles. The van der Waals surface area contributed by atoms with Crippen LogP contribution in [0.5, 0.6) is 0 Å². The monoisotopic (exact) mass is 255 g/mol. The predicted molar refractivity (Wildman–Crippen MR) is 74.5 cm³/mol. The van der Waals surface area contributed by atoms with E-state index in [-0.39, 0.29) is 5.54 Å². The second-order valence-corrected chi connectivity index (χ2v) is 6.43. The van der Waals surface area contributed by atoms with Crippen LogP contribution in [0.15, 0.2) is 0 Å². The van der Waals surface area contributed by atoms with E-state index in [2.05, 4.69) is 24.2 Å². The van der Waals surface area contributed by atoms with Gasteiger partial charge in [0.15, 0.2) is 0 Å². The number of nitrogens with two attached hydrogens (primary N) is 1. The van der Waals surface area contributed by atoms with Crippen LogP contribution in [0.1, 0.15) is 39.0 Å². The highest BCUT2D eigenvalue weighted by molar-refractivity contribution is 5.03. The number of likely N-dealkylation sites (tertiary alicyclic amines) is 1. The van der Waals surface area contributed by atoms with Crippen molar-refractivity contribution in [2.45, 2.75) is 56.7 Å². The molecular formula is C14H29N3O. The van der Waals surface area contributed by atoms with Gasteiger partial charge in [0.25, 0.3) is 0 Å². The molecule has 0 aromatic carbocycles. The van der Waals surface area contributed by atoms with E-state index in [4.69, 9.17) is 5.73 Å². The molecule has 1 heterocycles. The molecule has 2 rings (SSSR count). The van der Waals surface area contributed by atoms with Gasteiger partial charge in [0.1, 0.15) is 0 Å². The van der Waals surface area contributed by atoms with Crippen LogP contribution in [0.4, 0.5) is 0 Å². The van der Waals surface area contributed by atoms with Crippen LogP contribution < -0.4 is 11.1 Å². The molecule has 2 fully saturated rings. The molecule has 4 N–H and O–H groups in total. The number of rotatable bonds is 4.